The summed E-state index contributed by atoms with van der Waals surface area (Å²) in [5.41, 5.74) is 3.22. The van der Waals surface area contributed by atoms with E-state index in [0.29, 0.717) is 13.0 Å². The first-order valence-corrected chi connectivity index (χ1v) is 10.1. The fourth-order valence-corrected chi connectivity index (χ4v) is 3.49. The molecule has 0 bridgehead atoms. The van der Waals surface area contributed by atoms with Crippen LogP contribution in [0.2, 0.25) is 0 Å². The van der Waals surface area contributed by atoms with Gasteiger partial charge >= 0.3 is 0 Å². The number of amides is 2. The van der Waals surface area contributed by atoms with Crippen LogP contribution in [0, 0.1) is 0 Å². The highest BCUT2D eigenvalue weighted by atomic mass is 16.5. The van der Waals surface area contributed by atoms with Crippen molar-refractivity contribution < 1.29 is 14.3 Å². The zero-order valence-corrected chi connectivity index (χ0v) is 17.4. The summed E-state index contributed by atoms with van der Waals surface area (Å²) in [6.07, 6.45) is 2.33. The summed E-state index contributed by atoms with van der Waals surface area (Å²) in [6.45, 7) is 2.13. The van der Waals surface area contributed by atoms with Crippen LogP contribution in [0.15, 0.2) is 60.8 Å². The maximum atomic E-state index is 12.6. The van der Waals surface area contributed by atoms with Gasteiger partial charge in [-0.25, -0.2) is 4.98 Å². The van der Waals surface area contributed by atoms with E-state index in [1.165, 1.54) is 0 Å². The van der Waals surface area contributed by atoms with Crippen LogP contribution >= 0.6 is 0 Å². The van der Waals surface area contributed by atoms with Gasteiger partial charge < -0.3 is 20.4 Å². The van der Waals surface area contributed by atoms with Crippen LogP contribution in [-0.2, 0) is 11.2 Å². The number of hydrogen-bond donors (Lipinski definition) is 3. The summed E-state index contributed by atoms with van der Waals surface area (Å²) in [5.74, 6) is 0.170. The Balaban J connectivity index is 1.35. The molecular formula is C24H24N4O3. The maximum Gasteiger partial charge on any atom is 0.270 e. The molecule has 2 heterocycles. The minimum atomic E-state index is -0.677. The number of ether oxygens (including phenoxy) is 1. The number of aromatic nitrogens is 2. The van der Waals surface area contributed by atoms with E-state index in [9.17, 15) is 9.59 Å². The monoisotopic (exact) mass is 416 g/mol. The lowest BCUT2D eigenvalue weighted by Crippen LogP contribution is -2.45. The maximum absolute atomic E-state index is 12.6. The number of aromatic amines is 1. The molecule has 0 saturated carbocycles. The molecule has 0 saturated heterocycles. The molecule has 0 radical (unpaired) electrons. The Kier molecular flexibility index (Phi) is 5.84. The van der Waals surface area contributed by atoms with Crippen LogP contribution in [0.3, 0.4) is 0 Å². The Morgan fingerprint density at radius 3 is 2.61 bits per heavy atom. The molecule has 0 spiro atoms. The average molecular weight is 416 g/mol. The van der Waals surface area contributed by atoms with Crippen LogP contribution in [0.25, 0.3) is 21.8 Å². The number of carbonyl (C=O) groups excluding carboxylic acids is 2. The predicted octanol–water partition coefficient (Wildman–Crippen LogP) is 3.20. The lowest BCUT2D eigenvalue weighted by molar-refractivity contribution is -0.122. The molecule has 4 rings (SSSR count). The molecule has 4 aromatic rings. The lowest BCUT2D eigenvalue weighted by atomic mass is 10.1. The number of benzene rings is 2. The number of methoxy groups -OCH3 is 1. The molecule has 2 aromatic carbocycles. The summed E-state index contributed by atoms with van der Waals surface area (Å²) in [6, 6.07) is 16.6. The van der Waals surface area contributed by atoms with Gasteiger partial charge in [0.25, 0.3) is 5.91 Å². The van der Waals surface area contributed by atoms with Gasteiger partial charge in [-0.3, -0.25) is 9.59 Å². The van der Waals surface area contributed by atoms with E-state index in [4.69, 9.17) is 4.74 Å². The van der Waals surface area contributed by atoms with Gasteiger partial charge in [0, 0.05) is 22.8 Å². The molecule has 158 valence electrons. The van der Waals surface area contributed by atoms with Crippen LogP contribution in [0.1, 0.15) is 23.0 Å². The van der Waals surface area contributed by atoms with Crippen molar-refractivity contribution >= 4 is 33.6 Å². The van der Waals surface area contributed by atoms with E-state index in [2.05, 4.69) is 20.6 Å². The van der Waals surface area contributed by atoms with Gasteiger partial charge in [-0.2, -0.15) is 0 Å². The number of hydrogen-bond acceptors (Lipinski definition) is 4. The molecule has 2 amide bonds. The number of rotatable bonds is 7. The SMILES string of the molecule is COc1ccc(CCNC(=O)C(C)NC(=O)c2cc3c(cn2)[nH]c2ccccc23)cc1. The van der Waals surface area contributed by atoms with Gasteiger partial charge in [0.1, 0.15) is 17.5 Å². The third-order valence-electron chi connectivity index (χ3n) is 5.24. The third kappa shape index (κ3) is 4.50. The largest absolute Gasteiger partial charge is 0.497 e. The summed E-state index contributed by atoms with van der Waals surface area (Å²) in [7, 11) is 1.62. The van der Waals surface area contributed by atoms with E-state index in [0.717, 1.165) is 33.1 Å². The molecule has 0 aliphatic rings. The van der Waals surface area contributed by atoms with E-state index in [1.807, 2.05) is 48.5 Å². The van der Waals surface area contributed by atoms with Gasteiger partial charge in [-0.05, 0) is 43.2 Å². The summed E-state index contributed by atoms with van der Waals surface area (Å²) in [4.78, 5) is 32.5. The highest BCUT2D eigenvalue weighted by molar-refractivity contribution is 6.09. The van der Waals surface area contributed by atoms with Crippen molar-refractivity contribution in [3.8, 4) is 5.75 Å². The molecule has 7 nitrogen and oxygen atoms in total. The van der Waals surface area contributed by atoms with Crippen LogP contribution in [0.5, 0.6) is 5.75 Å². The summed E-state index contributed by atoms with van der Waals surface area (Å²) >= 11 is 0. The molecule has 0 fully saturated rings. The van der Waals surface area contributed by atoms with Gasteiger partial charge in [0.15, 0.2) is 0 Å². The number of carbonyl (C=O) groups is 2. The van der Waals surface area contributed by atoms with Crippen LogP contribution < -0.4 is 15.4 Å². The number of nitrogens with zero attached hydrogens (tertiary/aromatic N) is 1. The molecule has 0 aliphatic carbocycles. The van der Waals surface area contributed by atoms with E-state index in [1.54, 1.807) is 26.3 Å². The molecule has 3 N–H and O–H groups in total. The van der Waals surface area contributed by atoms with Crippen molar-refractivity contribution in [3.05, 3.63) is 72.1 Å². The van der Waals surface area contributed by atoms with Crippen molar-refractivity contribution in [2.24, 2.45) is 0 Å². The van der Waals surface area contributed by atoms with E-state index in [-0.39, 0.29) is 17.5 Å². The Bertz CT molecular complexity index is 1230. The summed E-state index contributed by atoms with van der Waals surface area (Å²) < 4.78 is 5.14. The zero-order chi connectivity index (χ0) is 21.8. The molecular weight excluding hydrogens is 392 g/mol. The Hall–Kier alpha value is -3.87. The Labute approximate surface area is 179 Å². The first-order valence-electron chi connectivity index (χ1n) is 10.1. The van der Waals surface area contributed by atoms with Crippen molar-refractivity contribution in [2.75, 3.05) is 13.7 Å². The third-order valence-corrected chi connectivity index (χ3v) is 5.24. The number of para-hydroxylation sites is 1. The predicted molar refractivity (Wildman–Crippen MR) is 120 cm³/mol. The summed E-state index contributed by atoms with van der Waals surface area (Å²) in [5, 5.41) is 7.53. The van der Waals surface area contributed by atoms with E-state index >= 15 is 0 Å². The smallest absolute Gasteiger partial charge is 0.270 e. The normalized spacial score (nSPS) is 11.9. The molecule has 7 heteroatoms. The van der Waals surface area contributed by atoms with Crippen molar-refractivity contribution in [3.63, 3.8) is 0 Å². The fourth-order valence-electron chi connectivity index (χ4n) is 3.49. The lowest BCUT2D eigenvalue weighted by Gasteiger charge is -2.14. The molecule has 31 heavy (non-hydrogen) atoms. The number of H-pyrrole nitrogens is 1. The molecule has 0 aliphatic heterocycles. The fraction of sp³-hybridized carbons (Fsp3) is 0.208. The van der Waals surface area contributed by atoms with Gasteiger partial charge in [-0.1, -0.05) is 30.3 Å². The Morgan fingerprint density at radius 1 is 1.06 bits per heavy atom. The number of fused-ring (bicyclic) bond motifs is 3. The number of pyridine rings is 1. The topological polar surface area (TPSA) is 96.1 Å². The highest BCUT2D eigenvalue weighted by Gasteiger charge is 2.18. The highest BCUT2D eigenvalue weighted by Crippen LogP contribution is 2.25. The second-order valence-corrected chi connectivity index (χ2v) is 7.37. The van der Waals surface area contributed by atoms with Crippen molar-refractivity contribution in [1.29, 1.82) is 0 Å². The average Bonchev–Trinajstić information content (AvgIpc) is 3.17. The van der Waals surface area contributed by atoms with Crippen LogP contribution in [0.4, 0.5) is 0 Å². The molecule has 2 aromatic heterocycles. The first-order chi connectivity index (χ1) is 15.0. The van der Waals surface area contributed by atoms with Crippen molar-refractivity contribution in [2.45, 2.75) is 19.4 Å². The van der Waals surface area contributed by atoms with Crippen molar-refractivity contribution in [1.82, 2.24) is 20.6 Å². The molecule has 1 atom stereocenters. The van der Waals surface area contributed by atoms with Gasteiger partial charge in [-0.15, -0.1) is 0 Å². The second kappa shape index (κ2) is 8.87. The van der Waals surface area contributed by atoms with E-state index < -0.39 is 6.04 Å². The quantitative estimate of drug-likeness (QED) is 0.431. The zero-order valence-electron chi connectivity index (χ0n) is 17.4. The van der Waals surface area contributed by atoms with Gasteiger partial charge in [0.05, 0.1) is 18.8 Å². The number of nitrogens with one attached hydrogen (secondary N) is 3. The molecule has 1 unspecified atom stereocenters. The second-order valence-electron chi connectivity index (χ2n) is 7.37. The van der Waals surface area contributed by atoms with Gasteiger partial charge in [0.2, 0.25) is 5.91 Å². The van der Waals surface area contributed by atoms with Crippen LogP contribution in [-0.4, -0.2) is 41.5 Å². The minimum absolute atomic E-state index is 0.241. The standard InChI is InChI=1S/C24H24N4O3/c1-15(23(29)25-12-11-16-7-9-17(31-2)10-8-16)27-24(30)21-13-19-18-5-3-4-6-20(18)28-22(19)14-26-21/h3-10,13-15,28H,11-12H2,1-2H3,(H,25,29)(H,27,30). The first kappa shape index (κ1) is 20.4. The Morgan fingerprint density at radius 2 is 1.84 bits per heavy atom. The minimum Gasteiger partial charge on any atom is -0.497 e.